The van der Waals surface area contributed by atoms with Gasteiger partial charge in [-0.2, -0.15) is 57.1 Å². The van der Waals surface area contributed by atoms with Crippen molar-refractivity contribution < 1.29 is 57.1 Å². The molecule has 0 aromatic heterocycles. The third-order valence-corrected chi connectivity index (χ3v) is 4.40. The van der Waals surface area contributed by atoms with Crippen LogP contribution in [0.1, 0.15) is 32.1 Å². The summed E-state index contributed by atoms with van der Waals surface area (Å²) in [5, 5.41) is -2.60. The van der Waals surface area contributed by atoms with Gasteiger partial charge in [0.2, 0.25) is 0 Å². The van der Waals surface area contributed by atoms with Gasteiger partial charge in [0.15, 0.2) is 5.17 Å². The zero-order valence-corrected chi connectivity index (χ0v) is 14.1. The van der Waals surface area contributed by atoms with Crippen molar-refractivity contribution in [3.63, 3.8) is 0 Å². The summed E-state index contributed by atoms with van der Waals surface area (Å²) in [7, 11) is 0. The predicted octanol–water partition coefficient (Wildman–Crippen LogP) is 6.70. The van der Waals surface area contributed by atoms with Gasteiger partial charge >= 0.3 is 35.8 Å². The van der Waals surface area contributed by atoms with E-state index in [4.69, 9.17) is 11.6 Å². The minimum absolute atomic E-state index is 0.0105. The molecule has 0 aromatic carbocycles. The van der Waals surface area contributed by atoms with Crippen molar-refractivity contribution in [2.24, 2.45) is 4.99 Å². The van der Waals surface area contributed by atoms with Crippen molar-refractivity contribution >= 4 is 16.8 Å². The normalized spacial score (nSPS) is 19.9. The highest BCUT2D eigenvalue weighted by Gasteiger charge is 2.91. The maximum Gasteiger partial charge on any atom is 0.460 e. The molecule has 0 aliphatic heterocycles. The van der Waals surface area contributed by atoms with Crippen LogP contribution in [0.25, 0.3) is 0 Å². The highest BCUT2D eigenvalue weighted by molar-refractivity contribution is 6.67. The summed E-state index contributed by atoms with van der Waals surface area (Å²) in [6, 6.07) is -1.16. The molecule has 0 bridgehead atoms. The first kappa shape index (κ1) is 25.1. The van der Waals surface area contributed by atoms with Gasteiger partial charge in [0.05, 0.1) is 6.04 Å². The smallest absolute Gasteiger partial charge is 0.268 e. The first-order chi connectivity index (χ1) is 12.2. The summed E-state index contributed by atoms with van der Waals surface area (Å²) in [5.74, 6) is -37.4. The molecule has 28 heavy (non-hydrogen) atoms. The standard InChI is InChI=1S/C13H11ClF13N/c14-7(28-6-4-2-1-3-5-6)8(15,16)9(17,18)10(19,20)11(21,22)12(23,24)13(25,26)27/h6H,1-5H2. The Morgan fingerprint density at radius 3 is 1.39 bits per heavy atom. The third kappa shape index (κ3) is 3.76. The van der Waals surface area contributed by atoms with E-state index in [0.717, 1.165) is 0 Å². The Hall–Kier alpha value is -0.950. The maximum atomic E-state index is 13.7. The molecular formula is C13H11ClF13N. The first-order valence-corrected chi connectivity index (χ1v) is 7.82. The van der Waals surface area contributed by atoms with E-state index in [0.29, 0.717) is 19.3 Å². The van der Waals surface area contributed by atoms with Gasteiger partial charge in [-0.25, -0.2) is 0 Å². The minimum Gasteiger partial charge on any atom is -0.268 e. The van der Waals surface area contributed by atoms with Crippen molar-refractivity contribution in [3.05, 3.63) is 0 Å². The zero-order valence-electron chi connectivity index (χ0n) is 13.4. The van der Waals surface area contributed by atoms with Crippen LogP contribution in [0.15, 0.2) is 4.99 Å². The number of hydrogen-bond acceptors (Lipinski definition) is 1. The zero-order chi connectivity index (χ0) is 22.4. The van der Waals surface area contributed by atoms with E-state index < -0.39 is 47.0 Å². The number of rotatable bonds is 6. The molecule has 0 spiro atoms. The predicted molar refractivity (Wildman–Crippen MR) is 71.0 cm³/mol. The Labute approximate surface area is 153 Å². The van der Waals surface area contributed by atoms with Crippen LogP contribution in [-0.2, 0) is 0 Å². The van der Waals surface area contributed by atoms with Crippen LogP contribution in [0.5, 0.6) is 0 Å². The Bertz CT molecular complexity index is 590. The number of hydrogen-bond donors (Lipinski definition) is 0. The van der Waals surface area contributed by atoms with Gasteiger partial charge in [0, 0.05) is 0 Å². The highest BCUT2D eigenvalue weighted by atomic mass is 35.5. The molecule has 15 heteroatoms. The molecule has 166 valence electrons. The molecular weight excluding hydrogens is 453 g/mol. The number of halogens is 14. The molecule has 1 fully saturated rings. The van der Waals surface area contributed by atoms with Crippen molar-refractivity contribution in [2.75, 3.05) is 0 Å². The molecule has 0 saturated heterocycles. The molecule has 0 atom stereocenters. The molecule has 0 N–H and O–H groups in total. The third-order valence-electron chi connectivity index (χ3n) is 4.06. The number of alkyl halides is 13. The Kier molecular flexibility index (Phi) is 6.62. The van der Waals surface area contributed by atoms with Crippen molar-refractivity contribution in [2.45, 2.75) is 73.9 Å². The van der Waals surface area contributed by atoms with Gasteiger partial charge < -0.3 is 0 Å². The van der Waals surface area contributed by atoms with Crippen LogP contribution >= 0.6 is 11.6 Å². The summed E-state index contributed by atoms with van der Waals surface area (Å²) in [4.78, 5) is 2.84. The Morgan fingerprint density at radius 2 is 1.00 bits per heavy atom. The number of aliphatic imine (C=N–C) groups is 1. The van der Waals surface area contributed by atoms with Crippen LogP contribution < -0.4 is 0 Å². The van der Waals surface area contributed by atoms with Gasteiger partial charge in [0.1, 0.15) is 0 Å². The largest absolute Gasteiger partial charge is 0.460 e. The van der Waals surface area contributed by atoms with E-state index in [9.17, 15) is 57.1 Å². The van der Waals surface area contributed by atoms with Crippen molar-refractivity contribution in [3.8, 4) is 0 Å². The van der Waals surface area contributed by atoms with Crippen LogP contribution in [-0.4, -0.2) is 47.0 Å². The summed E-state index contributed by atoms with van der Waals surface area (Å²) in [6.07, 6.45) is -6.08. The van der Waals surface area contributed by atoms with E-state index in [-0.39, 0.29) is 12.8 Å². The fourth-order valence-corrected chi connectivity index (χ4v) is 2.61. The monoisotopic (exact) mass is 463 g/mol. The Morgan fingerprint density at radius 1 is 0.607 bits per heavy atom. The topological polar surface area (TPSA) is 12.4 Å². The molecule has 1 aliphatic rings. The van der Waals surface area contributed by atoms with Crippen LogP contribution in [0.3, 0.4) is 0 Å². The van der Waals surface area contributed by atoms with E-state index in [1.807, 2.05) is 0 Å². The molecule has 1 aliphatic carbocycles. The number of nitrogens with zero attached hydrogens (tertiary/aromatic N) is 1. The fraction of sp³-hybridized carbons (Fsp3) is 0.923. The lowest BCUT2D eigenvalue weighted by Gasteiger charge is -2.39. The molecule has 1 rings (SSSR count). The van der Waals surface area contributed by atoms with Gasteiger partial charge in [-0.05, 0) is 12.8 Å². The average molecular weight is 464 g/mol. The second-order valence-electron chi connectivity index (χ2n) is 6.08. The summed E-state index contributed by atoms with van der Waals surface area (Å²) < 4.78 is 169. The van der Waals surface area contributed by atoms with Crippen LogP contribution in [0, 0.1) is 0 Å². The molecule has 1 saturated carbocycles. The van der Waals surface area contributed by atoms with Crippen molar-refractivity contribution in [1.29, 1.82) is 0 Å². The molecule has 0 amide bonds. The van der Waals surface area contributed by atoms with Gasteiger partial charge in [0.25, 0.3) is 0 Å². The molecule has 1 nitrogen and oxygen atoms in total. The minimum atomic E-state index is -7.94. The Balaban J connectivity index is 3.38. The molecule has 0 radical (unpaired) electrons. The lowest BCUT2D eigenvalue weighted by atomic mass is 9.93. The van der Waals surface area contributed by atoms with Gasteiger partial charge in [-0.15, -0.1) is 0 Å². The van der Waals surface area contributed by atoms with E-state index >= 15 is 0 Å². The second-order valence-corrected chi connectivity index (χ2v) is 6.44. The quantitative estimate of drug-likeness (QED) is 0.307. The van der Waals surface area contributed by atoms with Gasteiger partial charge in [-0.1, -0.05) is 30.9 Å². The first-order valence-electron chi connectivity index (χ1n) is 7.44. The summed E-state index contributed by atoms with van der Waals surface area (Å²) >= 11 is 4.78. The SMILES string of the molecule is FC(F)(F)C(F)(F)C(F)(F)C(F)(F)C(F)(F)C(F)(F)C(Cl)=NC1CCCCC1. The lowest BCUT2D eigenvalue weighted by molar-refractivity contribution is -0.434. The summed E-state index contributed by atoms with van der Waals surface area (Å²) in [6.45, 7) is 0. The van der Waals surface area contributed by atoms with Crippen LogP contribution in [0.4, 0.5) is 57.1 Å². The fourth-order valence-electron chi connectivity index (χ4n) is 2.35. The average Bonchev–Trinajstić information content (AvgIpc) is 2.53. The maximum absolute atomic E-state index is 13.7. The van der Waals surface area contributed by atoms with E-state index in [2.05, 4.69) is 4.99 Å². The van der Waals surface area contributed by atoms with Gasteiger partial charge in [-0.3, -0.25) is 4.99 Å². The van der Waals surface area contributed by atoms with E-state index in [1.54, 1.807) is 0 Å². The van der Waals surface area contributed by atoms with Crippen LogP contribution in [0.2, 0.25) is 0 Å². The lowest BCUT2D eigenvalue weighted by Crippen LogP contribution is -2.70. The van der Waals surface area contributed by atoms with Crippen molar-refractivity contribution in [1.82, 2.24) is 0 Å². The highest BCUT2D eigenvalue weighted by Crippen LogP contribution is 2.60. The van der Waals surface area contributed by atoms with E-state index in [1.165, 1.54) is 0 Å². The molecule has 0 aromatic rings. The molecule has 0 heterocycles. The summed E-state index contributed by atoms with van der Waals surface area (Å²) in [5.41, 5.74) is 0. The molecule has 0 unspecified atom stereocenters. The second kappa shape index (κ2) is 7.38.